The molecule has 1 aromatic carbocycles. The lowest BCUT2D eigenvalue weighted by atomic mass is 10.1. The molecule has 0 atom stereocenters. The van der Waals surface area contributed by atoms with Crippen LogP contribution < -0.4 is 10.2 Å². The van der Waals surface area contributed by atoms with E-state index in [2.05, 4.69) is 25.5 Å². The maximum atomic E-state index is 13.1. The van der Waals surface area contributed by atoms with E-state index in [-0.39, 0.29) is 11.5 Å². The molecule has 1 N–H and O–H groups in total. The van der Waals surface area contributed by atoms with E-state index in [4.69, 9.17) is 0 Å². The zero-order valence-corrected chi connectivity index (χ0v) is 14.5. The highest BCUT2D eigenvalue weighted by atomic mass is 19.4. The van der Waals surface area contributed by atoms with Crippen LogP contribution >= 0.6 is 0 Å². The van der Waals surface area contributed by atoms with Crippen molar-refractivity contribution in [3.8, 4) is 0 Å². The van der Waals surface area contributed by atoms with Crippen LogP contribution in [-0.2, 0) is 12.6 Å². The molecule has 2 aromatic heterocycles. The number of halogens is 3. The SMILES string of the molecule is CN(CCc1ccncc1)c1nncc(Nc2ccccc2C(F)(F)F)n1. The molecule has 0 saturated carbocycles. The zero-order valence-electron chi connectivity index (χ0n) is 14.5. The molecule has 0 amide bonds. The minimum atomic E-state index is -4.46. The highest BCUT2D eigenvalue weighted by molar-refractivity contribution is 5.61. The number of nitrogens with one attached hydrogen (secondary N) is 1. The summed E-state index contributed by atoms with van der Waals surface area (Å²) >= 11 is 0. The van der Waals surface area contributed by atoms with E-state index in [1.165, 1.54) is 24.4 Å². The van der Waals surface area contributed by atoms with E-state index >= 15 is 0 Å². The van der Waals surface area contributed by atoms with Gasteiger partial charge in [-0.25, -0.2) is 0 Å². The van der Waals surface area contributed by atoms with Crippen LogP contribution in [0.1, 0.15) is 11.1 Å². The minimum absolute atomic E-state index is 0.0871. The van der Waals surface area contributed by atoms with Crippen LogP contribution in [0.2, 0.25) is 0 Å². The van der Waals surface area contributed by atoms with Gasteiger partial charge in [0, 0.05) is 26.0 Å². The molecule has 0 aliphatic carbocycles. The number of pyridine rings is 1. The molecule has 0 saturated heterocycles. The molecule has 27 heavy (non-hydrogen) atoms. The first kappa shape index (κ1) is 18.6. The maximum absolute atomic E-state index is 13.1. The molecule has 3 rings (SSSR count). The van der Waals surface area contributed by atoms with Gasteiger partial charge in [0.2, 0.25) is 5.95 Å². The van der Waals surface area contributed by atoms with Gasteiger partial charge in [-0.05, 0) is 36.2 Å². The molecule has 9 heteroatoms. The summed E-state index contributed by atoms with van der Waals surface area (Å²) in [7, 11) is 1.80. The van der Waals surface area contributed by atoms with Crippen molar-refractivity contribution >= 4 is 17.5 Å². The lowest BCUT2D eigenvalue weighted by Gasteiger charge is -2.18. The van der Waals surface area contributed by atoms with Gasteiger partial charge in [-0.1, -0.05) is 12.1 Å². The van der Waals surface area contributed by atoms with Crippen molar-refractivity contribution in [1.29, 1.82) is 0 Å². The van der Waals surface area contributed by atoms with E-state index in [9.17, 15) is 13.2 Å². The lowest BCUT2D eigenvalue weighted by molar-refractivity contribution is -0.136. The summed E-state index contributed by atoms with van der Waals surface area (Å²) < 4.78 is 39.4. The van der Waals surface area contributed by atoms with Gasteiger partial charge in [0.05, 0.1) is 17.4 Å². The highest BCUT2D eigenvalue weighted by Gasteiger charge is 2.33. The standard InChI is InChI=1S/C18H17F3N6/c1-27(11-8-13-6-9-22-10-7-13)17-25-16(12-23-26-17)24-15-5-3-2-4-14(15)18(19,20)21/h2-7,9-10,12H,8,11H2,1H3,(H,24,25,26). The van der Waals surface area contributed by atoms with Gasteiger partial charge in [0.1, 0.15) is 0 Å². The lowest BCUT2D eigenvalue weighted by Crippen LogP contribution is -2.23. The summed E-state index contributed by atoms with van der Waals surface area (Å²) in [5.41, 5.74) is 0.255. The van der Waals surface area contributed by atoms with E-state index in [1.807, 2.05) is 12.1 Å². The Labute approximate surface area is 154 Å². The Balaban J connectivity index is 1.72. The number of nitrogens with zero attached hydrogens (tertiary/aromatic N) is 5. The molecule has 140 valence electrons. The summed E-state index contributed by atoms with van der Waals surface area (Å²) in [6.45, 7) is 0.619. The molecular weight excluding hydrogens is 357 g/mol. The van der Waals surface area contributed by atoms with Crippen LogP contribution in [-0.4, -0.2) is 33.8 Å². The van der Waals surface area contributed by atoms with Gasteiger partial charge >= 0.3 is 6.18 Å². The Morgan fingerprint density at radius 3 is 2.56 bits per heavy atom. The quantitative estimate of drug-likeness (QED) is 0.710. The summed E-state index contributed by atoms with van der Waals surface area (Å²) in [4.78, 5) is 10.0. The number of hydrogen-bond acceptors (Lipinski definition) is 6. The number of benzene rings is 1. The monoisotopic (exact) mass is 374 g/mol. The molecule has 0 bridgehead atoms. The number of hydrogen-bond donors (Lipinski definition) is 1. The van der Waals surface area contributed by atoms with Crippen molar-refractivity contribution in [3.63, 3.8) is 0 Å². The number of alkyl halides is 3. The normalized spacial score (nSPS) is 11.3. The van der Waals surface area contributed by atoms with Crippen LogP contribution in [0.25, 0.3) is 0 Å². The summed E-state index contributed by atoms with van der Waals surface area (Å²) in [5.74, 6) is 0.506. The van der Waals surface area contributed by atoms with Gasteiger partial charge in [-0.2, -0.15) is 23.3 Å². The van der Waals surface area contributed by atoms with Crippen molar-refractivity contribution in [2.75, 3.05) is 23.8 Å². The summed E-state index contributed by atoms with van der Waals surface area (Å²) in [6.07, 6.45) is 1.00. The van der Waals surface area contributed by atoms with Gasteiger partial charge in [-0.15, -0.1) is 5.10 Å². The van der Waals surface area contributed by atoms with Crippen LogP contribution in [0.5, 0.6) is 0 Å². The molecule has 6 nitrogen and oxygen atoms in total. The van der Waals surface area contributed by atoms with E-state index in [0.29, 0.717) is 12.5 Å². The van der Waals surface area contributed by atoms with Gasteiger partial charge in [0.15, 0.2) is 5.82 Å². The van der Waals surface area contributed by atoms with Crippen molar-refractivity contribution in [2.45, 2.75) is 12.6 Å². The zero-order chi connectivity index (χ0) is 19.3. The van der Waals surface area contributed by atoms with E-state index in [0.717, 1.165) is 18.1 Å². The fraction of sp³-hybridized carbons (Fsp3) is 0.222. The second kappa shape index (κ2) is 7.98. The predicted octanol–water partition coefficient (Wildman–Crippen LogP) is 3.71. The number of rotatable bonds is 6. The number of likely N-dealkylation sites (N-methyl/N-ethyl adjacent to an activating group) is 1. The minimum Gasteiger partial charge on any atom is -0.342 e. The number of aromatic nitrogens is 4. The Bertz CT molecular complexity index is 886. The Kier molecular flexibility index (Phi) is 5.49. The number of para-hydroxylation sites is 1. The second-order valence-corrected chi connectivity index (χ2v) is 5.84. The molecular formula is C18H17F3N6. The first-order valence-electron chi connectivity index (χ1n) is 8.16. The average molecular weight is 374 g/mol. The number of anilines is 3. The third-order valence-corrected chi connectivity index (χ3v) is 3.87. The van der Waals surface area contributed by atoms with Crippen molar-refractivity contribution < 1.29 is 13.2 Å². The first-order chi connectivity index (χ1) is 12.9. The molecule has 0 unspecified atom stereocenters. The molecule has 0 aliphatic rings. The van der Waals surface area contributed by atoms with E-state index in [1.54, 1.807) is 24.3 Å². The summed E-state index contributed by atoms with van der Waals surface area (Å²) in [5, 5.41) is 10.5. The molecule has 0 fully saturated rings. The van der Waals surface area contributed by atoms with Crippen molar-refractivity contribution in [3.05, 3.63) is 66.1 Å². The second-order valence-electron chi connectivity index (χ2n) is 5.84. The highest BCUT2D eigenvalue weighted by Crippen LogP contribution is 2.35. The van der Waals surface area contributed by atoms with Crippen molar-refractivity contribution in [1.82, 2.24) is 20.2 Å². The largest absolute Gasteiger partial charge is 0.418 e. The topological polar surface area (TPSA) is 66.8 Å². The fourth-order valence-corrected chi connectivity index (χ4v) is 2.44. The fourth-order valence-electron chi connectivity index (χ4n) is 2.44. The van der Waals surface area contributed by atoms with Crippen LogP contribution in [0.4, 0.5) is 30.6 Å². The van der Waals surface area contributed by atoms with Crippen LogP contribution in [0.15, 0.2) is 55.0 Å². The summed E-state index contributed by atoms with van der Waals surface area (Å²) in [6, 6.07) is 9.05. The van der Waals surface area contributed by atoms with E-state index < -0.39 is 11.7 Å². The van der Waals surface area contributed by atoms with Gasteiger partial charge in [-0.3, -0.25) is 4.98 Å². The molecule has 0 aliphatic heterocycles. The van der Waals surface area contributed by atoms with Crippen LogP contribution in [0.3, 0.4) is 0 Å². The third kappa shape index (κ3) is 4.90. The Hall–Kier alpha value is -3.23. The first-order valence-corrected chi connectivity index (χ1v) is 8.16. The predicted molar refractivity (Wildman–Crippen MR) is 95.8 cm³/mol. The van der Waals surface area contributed by atoms with Gasteiger partial charge in [0.25, 0.3) is 0 Å². The third-order valence-electron chi connectivity index (χ3n) is 3.87. The van der Waals surface area contributed by atoms with Gasteiger partial charge < -0.3 is 10.2 Å². The Morgan fingerprint density at radius 2 is 1.81 bits per heavy atom. The molecule has 0 spiro atoms. The van der Waals surface area contributed by atoms with Crippen molar-refractivity contribution in [2.24, 2.45) is 0 Å². The molecule has 2 heterocycles. The molecule has 3 aromatic rings. The maximum Gasteiger partial charge on any atom is 0.418 e. The average Bonchev–Trinajstić information content (AvgIpc) is 2.67. The molecule has 0 radical (unpaired) electrons. The smallest absolute Gasteiger partial charge is 0.342 e. The Morgan fingerprint density at radius 1 is 1.07 bits per heavy atom. The van der Waals surface area contributed by atoms with Crippen LogP contribution in [0, 0.1) is 0 Å².